The van der Waals surface area contributed by atoms with E-state index >= 15 is 0 Å². The lowest BCUT2D eigenvalue weighted by atomic mass is 9.97. The van der Waals surface area contributed by atoms with Gasteiger partial charge in [-0.05, 0) is 32.1 Å². The molecule has 14 nitrogen and oxygen atoms in total. The van der Waals surface area contributed by atoms with Gasteiger partial charge in [-0.1, -0.05) is 346 Å². The zero-order chi connectivity index (χ0) is 65.2. The van der Waals surface area contributed by atoms with Gasteiger partial charge in [0.05, 0.1) is 32.0 Å². The molecule has 0 aromatic heterocycles. The van der Waals surface area contributed by atoms with Gasteiger partial charge in [0.15, 0.2) is 12.6 Å². The maximum Gasteiger partial charge on any atom is 0.220 e. The Balaban J connectivity index is 1.63. The Kier molecular flexibility index (Phi) is 57.4. The number of amides is 1. The SMILES string of the molecule is CCCCCCCCCCCCCCCCCCCC/C=C/CC/C=C/C(O)C(COC1OC(CO)C(OC2OC(CO)C(O)C(O)C2O)C(O)C1O)NC(=O)CCCCCCCCCCCCCCCCCCCCCCCCCCCCCCCCCC. The van der Waals surface area contributed by atoms with E-state index in [0.717, 1.165) is 32.1 Å². The molecule has 2 saturated heterocycles. The number of rotatable bonds is 65. The number of carbonyl (C=O) groups is 1. The molecule has 90 heavy (non-hydrogen) atoms. The fourth-order valence-electron chi connectivity index (χ4n) is 13.0. The largest absolute Gasteiger partial charge is 0.394 e. The van der Waals surface area contributed by atoms with Crippen LogP contribution < -0.4 is 5.32 Å². The highest BCUT2D eigenvalue weighted by molar-refractivity contribution is 5.76. The number of ether oxygens (including phenoxy) is 4. The Hall–Kier alpha value is -1.53. The number of hydrogen-bond donors (Lipinski definition) is 9. The van der Waals surface area contributed by atoms with Gasteiger partial charge < -0.3 is 65.1 Å². The summed E-state index contributed by atoms with van der Waals surface area (Å²) in [6.07, 6.45) is 61.2. The minimum absolute atomic E-state index is 0.240. The second kappa shape index (κ2) is 61.1. The summed E-state index contributed by atoms with van der Waals surface area (Å²) in [7, 11) is 0. The molecule has 0 aliphatic carbocycles. The predicted molar refractivity (Wildman–Crippen MR) is 369 cm³/mol. The van der Waals surface area contributed by atoms with Gasteiger partial charge in [-0.25, -0.2) is 0 Å². The molecule has 1 amide bonds. The van der Waals surface area contributed by atoms with Gasteiger partial charge in [0.1, 0.15) is 48.8 Å². The second-order valence-electron chi connectivity index (χ2n) is 27.5. The Morgan fingerprint density at radius 2 is 0.711 bits per heavy atom. The predicted octanol–water partition coefficient (Wildman–Crippen LogP) is 16.7. The van der Waals surface area contributed by atoms with Crippen molar-refractivity contribution in [3.63, 3.8) is 0 Å². The fraction of sp³-hybridized carbons (Fsp3) is 0.934. The van der Waals surface area contributed by atoms with E-state index < -0.39 is 86.8 Å². The van der Waals surface area contributed by atoms with Crippen LogP contribution >= 0.6 is 0 Å². The number of aliphatic hydroxyl groups is 8. The first-order valence-corrected chi connectivity index (χ1v) is 38.6. The van der Waals surface area contributed by atoms with Gasteiger partial charge in [0, 0.05) is 6.42 Å². The van der Waals surface area contributed by atoms with Gasteiger partial charge in [-0.15, -0.1) is 0 Å². The van der Waals surface area contributed by atoms with Crippen molar-refractivity contribution in [2.75, 3.05) is 19.8 Å². The van der Waals surface area contributed by atoms with Gasteiger partial charge in [0.25, 0.3) is 0 Å². The maximum absolute atomic E-state index is 13.4. The van der Waals surface area contributed by atoms with Crippen LogP contribution in [0.3, 0.4) is 0 Å². The molecule has 0 radical (unpaired) electrons. The van der Waals surface area contributed by atoms with E-state index in [2.05, 4.69) is 31.3 Å². The third-order valence-electron chi connectivity index (χ3n) is 19.1. The first kappa shape index (κ1) is 84.6. The molecule has 2 heterocycles. The van der Waals surface area contributed by atoms with Crippen molar-refractivity contribution in [1.29, 1.82) is 0 Å². The molecular formula is C76H145NO13. The van der Waals surface area contributed by atoms with Crippen LogP contribution in [0.4, 0.5) is 0 Å². The third-order valence-corrected chi connectivity index (χ3v) is 19.1. The minimum Gasteiger partial charge on any atom is -0.394 e. The van der Waals surface area contributed by atoms with Gasteiger partial charge in [0.2, 0.25) is 5.91 Å². The summed E-state index contributed by atoms with van der Waals surface area (Å²) in [5.74, 6) is -0.240. The van der Waals surface area contributed by atoms with Crippen molar-refractivity contribution in [2.45, 2.75) is 434 Å². The lowest BCUT2D eigenvalue weighted by molar-refractivity contribution is -0.359. The lowest BCUT2D eigenvalue weighted by Gasteiger charge is -2.46. The minimum atomic E-state index is -1.79. The average molecular weight is 1280 g/mol. The average Bonchev–Trinajstić information content (AvgIpc) is 3.71. The monoisotopic (exact) mass is 1280 g/mol. The zero-order valence-corrected chi connectivity index (χ0v) is 58.2. The maximum atomic E-state index is 13.4. The van der Waals surface area contributed by atoms with Crippen LogP contribution in [0.25, 0.3) is 0 Å². The third kappa shape index (κ3) is 44.3. The van der Waals surface area contributed by atoms with Crippen LogP contribution in [-0.4, -0.2) is 140 Å². The number of hydrogen-bond acceptors (Lipinski definition) is 13. The number of unbranched alkanes of at least 4 members (excludes halogenated alkanes) is 50. The summed E-state index contributed by atoms with van der Waals surface area (Å²) in [5.41, 5.74) is 0. The van der Waals surface area contributed by atoms with E-state index in [9.17, 15) is 45.6 Å². The molecule has 0 saturated carbocycles. The van der Waals surface area contributed by atoms with Crippen LogP contribution in [0.1, 0.15) is 361 Å². The summed E-state index contributed by atoms with van der Waals surface area (Å²) in [5, 5.41) is 87.5. The molecule has 2 rings (SSSR count). The van der Waals surface area contributed by atoms with E-state index in [1.165, 1.54) is 295 Å². The highest BCUT2D eigenvalue weighted by atomic mass is 16.7. The highest BCUT2D eigenvalue weighted by Crippen LogP contribution is 2.30. The van der Waals surface area contributed by atoms with E-state index in [4.69, 9.17) is 18.9 Å². The van der Waals surface area contributed by atoms with Crippen molar-refractivity contribution in [3.05, 3.63) is 24.3 Å². The smallest absolute Gasteiger partial charge is 0.220 e. The molecular weight excluding hydrogens is 1130 g/mol. The van der Waals surface area contributed by atoms with E-state index in [-0.39, 0.29) is 18.9 Å². The van der Waals surface area contributed by atoms with Crippen molar-refractivity contribution in [1.82, 2.24) is 5.32 Å². The zero-order valence-electron chi connectivity index (χ0n) is 58.2. The number of allylic oxidation sites excluding steroid dienone is 3. The number of carbonyl (C=O) groups excluding carboxylic acids is 1. The molecule has 9 N–H and O–H groups in total. The van der Waals surface area contributed by atoms with Crippen molar-refractivity contribution in [3.8, 4) is 0 Å². The number of nitrogens with one attached hydrogen (secondary N) is 1. The van der Waals surface area contributed by atoms with Crippen molar-refractivity contribution < 1.29 is 64.6 Å². The molecule has 0 aromatic carbocycles. The van der Waals surface area contributed by atoms with Crippen molar-refractivity contribution >= 4 is 5.91 Å². The van der Waals surface area contributed by atoms with Gasteiger partial charge in [-0.3, -0.25) is 4.79 Å². The second-order valence-corrected chi connectivity index (χ2v) is 27.5. The van der Waals surface area contributed by atoms with E-state index in [1.807, 2.05) is 6.08 Å². The molecule has 0 bridgehead atoms. The van der Waals surface area contributed by atoms with Crippen LogP contribution in [0.5, 0.6) is 0 Å². The number of aliphatic hydroxyl groups excluding tert-OH is 8. The van der Waals surface area contributed by atoms with Crippen LogP contribution in [-0.2, 0) is 23.7 Å². The molecule has 2 aliphatic heterocycles. The van der Waals surface area contributed by atoms with Gasteiger partial charge >= 0.3 is 0 Å². The molecule has 0 aromatic rings. The molecule has 14 heteroatoms. The Morgan fingerprint density at radius 1 is 0.389 bits per heavy atom. The Morgan fingerprint density at radius 3 is 1.09 bits per heavy atom. The molecule has 2 fully saturated rings. The first-order valence-electron chi connectivity index (χ1n) is 38.6. The molecule has 532 valence electrons. The first-order chi connectivity index (χ1) is 44.1. The van der Waals surface area contributed by atoms with Crippen molar-refractivity contribution in [2.24, 2.45) is 0 Å². The van der Waals surface area contributed by atoms with Crippen LogP contribution in [0.15, 0.2) is 24.3 Å². The summed E-state index contributed by atoms with van der Waals surface area (Å²) in [4.78, 5) is 13.4. The van der Waals surface area contributed by atoms with E-state index in [0.29, 0.717) is 12.8 Å². The molecule has 2 aliphatic rings. The summed E-state index contributed by atoms with van der Waals surface area (Å²) >= 11 is 0. The van der Waals surface area contributed by atoms with Gasteiger partial charge in [-0.2, -0.15) is 0 Å². The Bertz CT molecular complexity index is 1600. The lowest BCUT2D eigenvalue weighted by Crippen LogP contribution is -2.65. The highest BCUT2D eigenvalue weighted by Gasteiger charge is 2.51. The summed E-state index contributed by atoms with van der Waals surface area (Å²) < 4.78 is 22.9. The Labute approximate surface area is 551 Å². The fourth-order valence-corrected chi connectivity index (χ4v) is 13.0. The summed E-state index contributed by atoms with van der Waals surface area (Å²) in [6.45, 7) is 2.85. The standard InChI is InChI=1S/C76H145NO13/c1-3-5-7-9-11-13-15-17-19-21-23-25-27-29-30-31-32-33-34-35-36-38-40-42-44-46-48-50-52-54-56-58-60-68(81)77-64(63-87-75-73(86)71(84)74(67(62-79)89-75)90-76-72(85)70(83)69(82)66(61-78)88-76)65(80)59-57-55-53-51-49-47-45-43-41-39-37-28-26-24-22-20-18-16-14-12-10-8-6-4-2/h49,51,57,59,64-67,69-76,78-80,82-86H,3-48,50,52-56,58,60-63H2,1-2H3,(H,77,81)/b51-49+,59-57+. The summed E-state index contributed by atoms with van der Waals surface area (Å²) in [6, 6.07) is -0.930. The topological polar surface area (TPSA) is 228 Å². The van der Waals surface area contributed by atoms with Crippen LogP contribution in [0.2, 0.25) is 0 Å². The quantitative estimate of drug-likeness (QED) is 0.0204. The molecule has 0 spiro atoms. The van der Waals surface area contributed by atoms with Crippen LogP contribution in [0, 0.1) is 0 Å². The molecule has 12 atom stereocenters. The normalized spacial score (nSPS) is 23.0. The molecule has 12 unspecified atom stereocenters. The van der Waals surface area contributed by atoms with E-state index in [1.54, 1.807) is 6.08 Å².